The molecule has 11 heteroatoms. The minimum atomic E-state index is -1.86. The van der Waals surface area contributed by atoms with Crippen LogP contribution in [0.1, 0.15) is 30.9 Å². The van der Waals surface area contributed by atoms with Gasteiger partial charge in [-0.3, -0.25) is 19.3 Å². The molecule has 0 aliphatic carbocycles. The maximum Gasteiger partial charge on any atom is 0.359 e. The molecule has 4 atom stereocenters. The van der Waals surface area contributed by atoms with Crippen molar-refractivity contribution >= 4 is 46.9 Å². The maximum atomic E-state index is 13.3. The van der Waals surface area contributed by atoms with Crippen LogP contribution in [-0.4, -0.2) is 62.8 Å². The zero-order chi connectivity index (χ0) is 24.8. The monoisotopic (exact) mass is 504 g/mol. The normalized spacial score (nSPS) is 25.8. The summed E-state index contributed by atoms with van der Waals surface area (Å²) in [7, 11) is 1.24. The number of thioether (sulfide) groups is 1. The Kier molecular flexibility index (Phi) is 6.21. The van der Waals surface area contributed by atoms with Crippen molar-refractivity contribution in [3.8, 4) is 5.75 Å². The van der Waals surface area contributed by atoms with E-state index < -0.39 is 51.6 Å². The van der Waals surface area contributed by atoms with Crippen molar-refractivity contribution in [2.24, 2.45) is 0 Å². The molecule has 2 amide bonds. The molecule has 2 N–H and O–H groups in total. The number of carbonyl (C=O) groups is 4. The lowest BCUT2D eigenvalue weighted by Gasteiger charge is -2.48. The van der Waals surface area contributed by atoms with E-state index in [1.807, 2.05) is 6.07 Å². The van der Waals surface area contributed by atoms with Crippen LogP contribution in [0.4, 0.5) is 0 Å². The molecule has 0 bridgehead atoms. The number of hydrogen-bond donors (Lipinski definition) is 2. The zero-order valence-electron chi connectivity index (χ0n) is 18.9. The number of methoxy groups -OCH3 is 1. The quantitative estimate of drug-likeness (QED) is 0.255. The Bertz CT molecular complexity index is 1150. The van der Waals surface area contributed by atoms with Gasteiger partial charge in [0, 0.05) is 7.11 Å². The van der Waals surface area contributed by atoms with Crippen LogP contribution in [-0.2, 0) is 23.9 Å². The van der Waals surface area contributed by atoms with Crippen LogP contribution in [0.15, 0.2) is 41.1 Å². The molecular weight excluding hydrogens is 480 g/mol. The molecule has 1 unspecified atom stereocenters. The molecule has 2 saturated heterocycles. The van der Waals surface area contributed by atoms with Crippen molar-refractivity contribution in [2.75, 3.05) is 7.11 Å². The van der Waals surface area contributed by atoms with Gasteiger partial charge in [0.1, 0.15) is 17.2 Å². The van der Waals surface area contributed by atoms with Gasteiger partial charge in [-0.15, -0.1) is 11.8 Å². The SMILES string of the molecule is CO[C@@]1(C(=O)O)N2C(=O)[C@H](NC(=O)C(C(=O)Oc3ccccc3C)c3ccsc3)[C@H]2SC1(C)C. The van der Waals surface area contributed by atoms with Crippen molar-refractivity contribution in [2.45, 2.75) is 48.6 Å². The van der Waals surface area contributed by atoms with Crippen LogP contribution in [0, 0.1) is 6.92 Å². The first-order valence-corrected chi connectivity index (χ1v) is 12.3. The molecule has 0 saturated carbocycles. The number of rotatable bonds is 7. The second-order valence-electron chi connectivity index (χ2n) is 8.54. The minimum Gasteiger partial charge on any atom is -0.478 e. The second kappa shape index (κ2) is 8.71. The van der Waals surface area contributed by atoms with E-state index in [1.54, 1.807) is 55.8 Å². The summed E-state index contributed by atoms with van der Waals surface area (Å²) in [4.78, 5) is 52.6. The van der Waals surface area contributed by atoms with E-state index >= 15 is 0 Å². The summed E-state index contributed by atoms with van der Waals surface area (Å²) in [6.07, 6.45) is 0. The van der Waals surface area contributed by atoms with Crippen molar-refractivity contribution in [3.05, 3.63) is 52.2 Å². The third-order valence-electron chi connectivity index (χ3n) is 6.18. The third-order valence-corrected chi connectivity index (χ3v) is 8.47. The fourth-order valence-electron chi connectivity index (χ4n) is 4.42. The van der Waals surface area contributed by atoms with E-state index in [-0.39, 0.29) is 0 Å². The Hall–Kier alpha value is -2.89. The van der Waals surface area contributed by atoms with E-state index in [1.165, 1.54) is 30.2 Å². The van der Waals surface area contributed by atoms with Gasteiger partial charge in [-0.2, -0.15) is 11.3 Å². The van der Waals surface area contributed by atoms with E-state index in [9.17, 15) is 24.3 Å². The van der Waals surface area contributed by atoms with Gasteiger partial charge in [0.25, 0.3) is 11.6 Å². The molecule has 2 fully saturated rings. The van der Waals surface area contributed by atoms with Crippen LogP contribution >= 0.6 is 23.1 Å². The number of nitrogens with one attached hydrogen (secondary N) is 1. The minimum absolute atomic E-state index is 0.339. The van der Waals surface area contributed by atoms with Gasteiger partial charge >= 0.3 is 11.9 Å². The number of esters is 1. The maximum absolute atomic E-state index is 13.3. The topological polar surface area (TPSA) is 122 Å². The van der Waals surface area contributed by atoms with E-state index in [0.717, 1.165) is 10.5 Å². The first-order chi connectivity index (χ1) is 16.0. The number of aliphatic carboxylic acids is 1. The van der Waals surface area contributed by atoms with Crippen molar-refractivity contribution in [1.82, 2.24) is 10.2 Å². The second-order valence-corrected chi connectivity index (χ2v) is 11.1. The number of ether oxygens (including phenoxy) is 2. The van der Waals surface area contributed by atoms with Gasteiger partial charge in [-0.05, 0) is 54.8 Å². The number of β-lactam (4-membered cyclic amide) rings is 1. The summed E-state index contributed by atoms with van der Waals surface area (Å²) in [5.41, 5.74) is -0.683. The number of amides is 2. The highest BCUT2D eigenvalue weighted by molar-refractivity contribution is 8.01. The highest BCUT2D eigenvalue weighted by Crippen LogP contribution is 2.57. The Balaban J connectivity index is 1.57. The Morgan fingerprint density at radius 1 is 1.21 bits per heavy atom. The number of carbonyl (C=O) groups excluding carboxylic acids is 3. The average Bonchev–Trinajstić information content (AvgIpc) is 3.37. The highest BCUT2D eigenvalue weighted by atomic mass is 32.2. The number of carboxylic acid groups (broad SMARTS) is 1. The molecular formula is C23H24N2O7S2. The van der Waals surface area contributed by atoms with Crippen molar-refractivity contribution in [3.63, 3.8) is 0 Å². The molecule has 34 heavy (non-hydrogen) atoms. The summed E-state index contributed by atoms with van der Waals surface area (Å²) in [5, 5.41) is 15.3. The molecule has 4 rings (SSSR count). The molecule has 180 valence electrons. The zero-order valence-corrected chi connectivity index (χ0v) is 20.6. The Labute approximate surface area is 204 Å². The molecule has 1 aromatic heterocycles. The number of carboxylic acids is 1. The largest absolute Gasteiger partial charge is 0.478 e. The van der Waals surface area contributed by atoms with Crippen molar-refractivity contribution in [1.29, 1.82) is 0 Å². The molecule has 2 aliphatic rings. The lowest BCUT2D eigenvalue weighted by molar-refractivity contribution is -0.211. The van der Waals surface area contributed by atoms with Crippen LogP contribution in [0.2, 0.25) is 0 Å². The van der Waals surface area contributed by atoms with Gasteiger partial charge in [-0.1, -0.05) is 18.2 Å². The van der Waals surface area contributed by atoms with E-state index in [2.05, 4.69) is 5.32 Å². The highest BCUT2D eigenvalue weighted by Gasteiger charge is 2.74. The number of thiophene rings is 1. The number of fused-ring (bicyclic) bond motifs is 1. The number of hydrogen-bond acceptors (Lipinski definition) is 8. The summed E-state index contributed by atoms with van der Waals surface area (Å²) in [6, 6.07) is 7.60. The summed E-state index contributed by atoms with van der Waals surface area (Å²) in [6.45, 7) is 5.13. The van der Waals surface area contributed by atoms with Gasteiger partial charge < -0.3 is 19.9 Å². The van der Waals surface area contributed by atoms with Gasteiger partial charge in [0.05, 0.1) is 4.75 Å². The molecule has 1 aromatic carbocycles. The molecule has 3 heterocycles. The average molecular weight is 505 g/mol. The van der Waals surface area contributed by atoms with Gasteiger partial charge in [0.2, 0.25) is 5.91 Å². The first-order valence-electron chi connectivity index (χ1n) is 10.4. The van der Waals surface area contributed by atoms with E-state index in [4.69, 9.17) is 9.47 Å². The number of benzene rings is 1. The Morgan fingerprint density at radius 2 is 1.91 bits per heavy atom. The number of para-hydroxylation sites is 1. The van der Waals surface area contributed by atoms with Crippen LogP contribution in [0.25, 0.3) is 0 Å². The van der Waals surface area contributed by atoms with E-state index in [0.29, 0.717) is 11.3 Å². The fraction of sp³-hybridized carbons (Fsp3) is 0.391. The molecule has 0 radical (unpaired) electrons. The summed E-state index contributed by atoms with van der Waals surface area (Å²) < 4.78 is 9.89. The summed E-state index contributed by atoms with van der Waals surface area (Å²) in [5.74, 6) is -4.30. The predicted octanol–water partition coefficient (Wildman–Crippen LogP) is 2.35. The summed E-state index contributed by atoms with van der Waals surface area (Å²) >= 11 is 2.55. The number of aryl methyl sites for hydroxylation is 1. The van der Waals surface area contributed by atoms with Crippen molar-refractivity contribution < 1.29 is 33.8 Å². The Morgan fingerprint density at radius 3 is 2.50 bits per heavy atom. The molecule has 2 aromatic rings. The van der Waals surface area contributed by atoms with Gasteiger partial charge in [-0.25, -0.2) is 4.79 Å². The molecule has 0 spiro atoms. The lowest BCUT2D eigenvalue weighted by Crippen LogP contribution is -2.76. The number of nitrogens with zero attached hydrogens (tertiary/aromatic N) is 1. The third kappa shape index (κ3) is 3.58. The van der Waals surface area contributed by atoms with Crippen LogP contribution in [0.5, 0.6) is 5.75 Å². The molecule has 2 aliphatic heterocycles. The first kappa shape index (κ1) is 24.2. The smallest absolute Gasteiger partial charge is 0.359 e. The van der Waals surface area contributed by atoms with Crippen LogP contribution < -0.4 is 10.1 Å². The van der Waals surface area contributed by atoms with Crippen LogP contribution in [0.3, 0.4) is 0 Å². The predicted molar refractivity (Wildman–Crippen MR) is 125 cm³/mol. The van der Waals surface area contributed by atoms with Gasteiger partial charge in [0.15, 0.2) is 5.92 Å². The fourth-order valence-corrected chi connectivity index (χ4v) is 6.82. The standard InChI is InChI=1S/C23H24N2O7S2/c1-12-7-5-6-8-14(12)32-20(28)15(13-9-10-33-11-13)17(26)24-16-18(27)25-19(16)34-22(2,3)23(25,31-4)21(29)30/h5-11,15-16,19H,1-4H3,(H,24,26)(H,29,30)/t15?,16-,19+,23+/m0/s1. The lowest BCUT2D eigenvalue weighted by atomic mass is 9.91. The molecule has 9 nitrogen and oxygen atoms in total.